The van der Waals surface area contributed by atoms with Gasteiger partial charge in [0.1, 0.15) is 0 Å². The van der Waals surface area contributed by atoms with Gasteiger partial charge in [-0.25, -0.2) is 4.98 Å². The van der Waals surface area contributed by atoms with Gasteiger partial charge in [0, 0.05) is 10.9 Å². The van der Waals surface area contributed by atoms with Gasteiger partial charge in [0.2, 0.25) is 0 Å². The molecule has 0 radical (unpaired) electrons. The Hall–Kier alpha value is -2.93. The van der Waals surface area contributed by atoms with Crippen LogP contribution in [0.5, 0.6) is 0 Å². The third kappa shape index (κ3) is 2.36. The predicted octanol–water partition coefficient (Wildman–Crippen LogP) is 7.46. The Labute approximate surface area is 167 Å². The van der Waals surface area contributed by atoms with E-state index in [4.69, 9.17) is 4.98 Å². The maximum absolute atomic E-state index is 5.12. The van der Waals surface area contributed by atoms with Gasteiger partial charge in [0.05, 0.1) is 11.2 Å². The number of fused-ring (bicyclic) bond motifs is 3. The number of aryl methyl sites for hydroxylation is 1. The normalized spacial score (nSPS) is 12.5. The first-order chi connectivity index (χ1) is 13.4. The highest BCUT2D eigenvalue weighted by molar-refractivity contribution is 6.17. The Balaban J connectivity index is 1.80. The molecule has 1 heteroatoms. The van der Waals surface area contributed by atoms with Crippen LogP contribution in [0.15, 0.2) is 60.7 Å². The number of hydrogen-bond donors (Lipinski definition) is 0. The smallest absolute Gasteiger partial charge is 0.0745 e. The molecule has 0 aliphatic heterocycles. The summed E-state index contributed by atoms with van der Waals surface area (Å²) in [6.07, 6.45) is 0. The SMILES string of the molecule is Cc1ccc2nc(-c3ccc(C(C)(C)C)cc3)c(C)c3c2c1-c1ccccc1-3. The van der Waals surface area contributed by atoms with Crippen LogP contribution in [0.1, 0.15) is 37.5 Å². The molecular formula is C27H25N. The molecule has 0 fully saturated rings. The minimum atomic E-state index is 0.157. The fourth-order valence-electron chi connectivity index (χ4n) is 4.56. The summed E-state index contributed by atoms with van der Waals surface area (Å²) in [5.41, 5.74) is 12.9. The van der Waals surface area contributed by atoms with Crippen LogP contribution in [0, 0.1) is 13.8 Å². The van der Waals surface area contributed by atoms with Crippen molar-refractivity contribution < 1.29 is 0 Å². The molecule has 0 bridgehead atoms. The van der Waals surface area contributed by atoms with Crippen molar-refractivity contribution in [2.75, 3.05) is 0 Å². The van der Waals surface area contributed by atoms with Crippen molar-refractivity contribution in [3.63, 3.8) is 0 Å². The molecule has 1 aromatic heterocycles. The number of rotatable bonds is 1. The van der Waals surface area contributed by atoms with Crippen LogP contribution in [-0.2, 0) is 5.41 Å². The minimum absolute atomic E-state index is 0.157. The van der Waals surface area contributed by atoms with Crippen molar-refractivity contribution in [3.8, 4) is 33.5 Å². The van der Waals surface area contributed by atoms with Gasteiger partial charge in [0.15, 0.2) is 0 Å². The number of pyridine rings is 1. The highest BCUT2D eigenvalue weighted by Gasteiger charge is 2.26. The van der Waals surface area contributed by atoms with E-state index in [1.54, 1.807) is 0 Å². The minimum Gasteiger partial charge on any atom is -0.247 e. The summed E-state index contributed by atoms with van der Waals surface area (Å²) in [5, 5.41) is 1.31. The highest BCUT2D eigenvalue weighted by Crippen LogP contribution is 2.50. The molecular weight excluding hydrogens is 338 g/mol. The topological polar surface area (TPSA) is 12.9 Å². The van der Waals surface area contributed by atoms with Crippen molar-refractivity contribution in [1.29, 1.82) is 0 Å². The quantitative estimate of drug-likeness (QED) is 0.301. The molecule has 1 aliphatic rings. The molecule has 138 valence electrons. The molecule has 4 aromatic rings. The highest BCUT2D eigenvalue weighted by atomic mass is 14.7. The van der Waals surface area contributed by atoms with Gasteiger partial charge in [0.25, 0.3) is 0 Å². The van der Waals surface area contributed by atoms with E-state index in [1.165, 1.54) is 49.9 Å². The molecule has 5 rings (SSSR count). The fourth-order valence-corrected chi connectivity index (χ4v) is 4.56. The molecule has 0 saturated carbocycles. The second-order valence-electron chi connectivity index (χ2n) is 8.98. The molecule has 0 unspecified atom stereocenters. The van der Waals surface area contributed by atoms with Crippen molar-refractivity contribution >= 4 is 10.9 Å². The first-order valence-corrected chi connectivity index (χ1v) is 10.0. The van der Waals surface area contributed by atoms with E-state index in [1.807, 2.05) is 0 Å². The molecule has 0 atom stereocenters. The summed E-state index contributed by atoms with van der Waals surface area (Å²) in [6.45, 7) is 11.2. The van der Waals surface area contributed by atoms with Gasteiger partial charge in [-0.05, 0) is 64.3 Å². The molecule has 0 spiro atoms. The van der Waals surface area contributed by atoms with Crippen LogP contribution >= 0.6 is 0 Å². The van der Waals surface area contributed by atoms with E-state index in [0.717, 1.165) is 11.2 Å². The number of aromatic nitrogens is 1. The maximum atomic E-state index is 5.12. The third-order valence-corrected chi connectivity index (χ3v) is 6.09. The lowest BCUT2D eigenvalue weighted by Gasteiger charge is -2.19. The van der Waals surface area contributed by atoms with Crippen molar-refractivity contribution in [2.24, 2.45) is 0 Å². The van der Waals surface area contributed by atoms with Gasteiger partial charge in [-0.2, -0.15) is 0 Å². The van der Waals surface area contributed by atoms with Gasteiger partial charge >= 0.3 is 0 Å². The summed E-state index contributed by atoms with van der Waals surface area (Å²) in [4.78, 5) is 5.12. The van der Waals surface area contributed by atoms with Crippen molar-refractivity contribution in [3.05, 3.63) is 77.4 Å². The Morgan fingerprint density at radius 2 is 1.36 bits per heavy atom. The van der Waals surface area contributed by atoms with Gasteiger partial charge in [-0.15, -0.1) is 0 Å². The van der Waals surface area contributed by atoms with Crippen molar-refractivity contribution in [1.82, 2.24) is 4.98 Å². The lowest BCUT2D eigenvalue weighted by Crippen LogP contribution is -2.10. The summed E-state index contributed by atoms with van der Waals surface area (Å²) >= 11 is 0. The fraction of sp³-hybridized carbons (Fsp3) is 0.222. The van der Waals surface area contributed by atoms with Crippen LogP contribution in [0.4, 0.5) is 0 Å². The van der Waals surface area contributed by atoms with Gasteiger partial charge in [-0.1, -0.05) is 75.4 Å². The van der Waals surface area contributed by atoms with E-state index < -0.39 is 0 Å². The van der Waals surface area contributed by atoms with Crippen LogP contribution in [0.25, 0.3) is 44.4 Å². The lowest BCUT2D eigenvalue weighted by molar-refractivity contribution is 0.590. The number of nitrogens with zero attached hydrogens (tertiary/aromatic N) is 1. The number of hydrogen-bond acceptors (Lipinski definition) is 1. The Bertz CT molecular complexity index is 1240. The standard InChI is InChI=1S/C27H25N/c1-16-10-15-22-25-23(16)20-8-6-7-9-21(20)24(25)17(2)26(28-22)18-11-13-19(14-12-18)27(3,4)5/h6-15H,1-5H3. The van der Waals surface area contributed by atoms with Crippen LogP contribution < -0.4 is 0 Å². The molecule has 28 heavy (non-hydrogen) atoms. The zero-order valence-electron chi connectivity index (χ0n) is 17.2. The molecule has 0 saturated heterocycles. The zero-order valence-corrected chi connectivity index (χ0v) is 17.2. The van der Waals surface area contributed by atoms with Crippen LogP contribution in [0.2, 0.25) is 0 Å². The van der Waals surface area contributed by atoms with Crippen molar-refractivity contribution in [2.45, 2.75) is 40.0 Å². The van der Waals surface area contributed by atoms with E-state index in [9.17, 15) is 0 Å². The Kier molecular flexibility index (Phi) is 3.55. The van der Waals surface area contributed by atoms with E-state index in [-0.39, 0.29) is 5.41 Å². The van der Waals surface area contributed by atoms with E-state index in [0.29, 0.717) is 0 Å². The predicted molar refractivity (Wildman–Crippen MR) is 120 cm³/mol. The molecule has 1 nitrogen and oxygen atoms in total. The summed E-state index contributed by atoms with van der Waals surface area (Å²) < 4.78 is 0. The van der Waals surface area contributed by atoms with E-state index >= 15 is 0 Å². The summed E-state index contributed by atoms with van der Waals surface area (Å²) in [7, 11) is 0. The molecule has 0 amide bonds. The number of benzene rings is 3. The second-order valence-corrected chi connectivity index (χ2v) is 8.98. The van der Waals surface area contributed by atoms with Crippen LogP contribution in [-0.4, -0.2) is 4.98 Å². The monoisotopic (exact) mass is 363 g/mol. The third-order valence-electron chi connectivity index (χ3n) is 6.09. The maximum Gasteiger partial charge on any atom is 0.0745 e. The average molecular weight is 364 g/mol. The molecule has 3 aromatic carbocycles. The Morgan fingerprint density at radius 3 is 2.00 bits per heavy atom. The first kappa shape index (κ1) is 17.2. The molecule has 1 heterocycles. The second kappa shape index (κ2) is 5.78. The lowest BCUT2D eigenvalue weighted by atomic mass is 9.86. The summed E-state index contributed by atoms with van der Waals surface area (Å²) in [6, 6.07) is 22.1. The van der Waals surface area contributed by atoms with Crippen LogP contribution in [0.3, 0.4) is 0 Å². The van der Waals surface area contributed by atoms with E-state index in [2.05, 4.69) is 95.3 Å². The molecule has 0 N–H and O–H groups in total. The summed E-state index contributed by atoms with van der Waals surface area (Å²) in [5.74, 6) is 0. The van der Waals surface area contributed by atoms with Gasteiger partial charge < -0.3 is 0 Å². The Morgan fingerprint density at radius 1 is 0.714 bits per heavy atom. The largest absolute Gasteiger partial charge is 0.247 e. The molecule has 1 aliphatic carbocycles. The zero-order chi connectivity index (χ0) is 19.6. The average Bonchev–Trinajstić information content (AvgIpc) is 3.03. The van der Waals surface area contributed by atoms with Gasteiger partial charge in [-0.3, -0.25) is 0 Å². The first-order valence-electron chi connectivity index (χ1n) is 10.0.